The normalized spacial score (nSPS) is 19.7. The third-order valence-electron chi connectivity index (χ3n) is 19.0. The van der Waals surface area contributed by atoms with E-state index in [9.17, 15) is 126 Å². The van der Waals surface area contributed by atoms with E-state index in [0.29, 0.717) is 37.3 Å². The molecule has 8 unspecified atom stereocenters. The number of hydrogen-bond donors (Lipinski definition) is 18. The van der Waals surface area contributed by atoms with Crippen molar-refractivity contribution in [2.45, 2.75) is 167 Å². The van der Waals surface area contributed by atoms with Gasteiger partial charge in [0.15, 0.2) is 0 Å². The number of rotatable bonds is 75. The molecule has 0 spiro atoms. The molecular weight excluding hydrogens is 1830 g/mol. The van der Waals surface area contributed by atoms with Crippen molar-refractivity contribution in [1.29, 1.82) is 0 Å². The number of nitrogens with zero attached hydrogens (tertiary/aromatic N) is 6. The van der Waals surface area contributed by atoms with E-state index in [1.165, 1.54) is 0 Å². The number of aliphatic carboxylic acids is 2. The Bertz CT molecular complexity index is 3860. The minimum absolute atomic E-state index is 0.00509. The lowest BCUT2D eigenvalue weighted by atomic mass is 9.89. The summed E-state index contributed by atoms with van der Waals surface area (Å²) >= 11 is 1.47. The molecule has 2 aliphatic rings. The number of carboxylic acid groups (broad SMARTS) is 2. The molecule has 4 heterocycles. The Morgan fingerprint density at radius 3 is 1.24 bits per heavy atom. The highest BCUT2D eigenvalue weighted by atomic mass is 32.2. The minimum Gasteiger partial charge on any atom is -0.478 e. The number of aliphatic hydroxyl groups is 10. The van der Waals surface area contributed by atoms with Gasteiger partial charge in [0, 0.05) is 63.2 Å². The number of esters is 1. The third-order valence-corrected chi connectivity index (χ3v) is 21.6. The van der Waals surface area contributed by atoms with Crippen molar-refractivity contribution >= 4 is 76.9 Å². The van der Waals surface area contributed by atoms with Crippen LogP contribution in [0.5, 0.6) is 5.75 Å². The topological polar surface area (TPSA) is 668 Å². The zero-order chi connectivity index (χ0) is 96.6. The van der Waals surface area contributed by atoms with Crippen molar-refractivity contribution in [3.05, 3.63) is 52.9 Å². The molecule has 0 radical (unpaired) electrons. The van der Waals surface area contributed by atoms with Crippen LogP contribution in [0.1, 0.15) is 75.6 Å². The van der Waals surface area contributed by atoms with Gasteiger partial charge in [0.2, 0.25) is 80.1 Å². The van der Waals surface area contributed by atoms with Gasteiger partial charge in [-0.05, 0) is 25.7 Å². The summed E-state index contributed by atoms with van der Waals surface area (Å²) in [6.45, 7) is -0.316. The summed E-state index contributed by atoms with van der Waals surface area (Å²) in [5.41, 5.74) is 1.02. The summed E-state index contributed by atoms with van der Waals surface area (Å²) in [4.78, 5) is 108. The number of aliphatic hydroxyl groups excluding tert-OH is 10. The van der Waals surface area contributed by atoms with Gasteiger partial charge < -0.3 is 164 Å². The number of amides is 6. The van der Waals surface area contributed by atoms with Crippen LogP contribution in [-0.2, 0) is 136 Å². The summed E-state index contributed by atoms with van der Waals surface area (Å²) in [6.07, 6.45) is -11.1. The molecule has 2 aliphatic heterocycles. The van der Waals surface area contributed by atoms with Crippen LogP contribution in [0.15, 0.2) is 12.4 Å². The van der Waals surface area contributed by atoms with E-state index < -0.39 is 199 Å². The van der Waals surface area contributed by atoms with Crippen LogP contribution < -0.4 is 36.6 Å². The molecule has 0 aliphatic carbocycles. The molecule has 2 saturated heterocycles. The van der Waals surface area contributed by atoms with E-state index in [4.69, 9.17) is 66.3 Å². The standard InChI is InChI=1S/C77H121F5N12O36S2/c78-61-62(79)64(81)70(65(82)63(61)80)128-60(108)8-16-118-22-26-122-28-29-123-27-23-119-17-11-85-73(111)50(4-1-2-9-83-55(103)6-14-116-20-24-120-18-12-93-40-48(89-91-93)46-126-32-30-124-34-36-131-76(74(112)113)38-51(99)66(87-58(106)44-97)71(129-76)68(109)53(101)42-95)86-57(105)5-3-10-84-56(104)7-15-117-21-25-121-19-13-94-41-49(90-92-94)47-127-33-31-125-35-37-132-77(75(114)115)39-52(100)67(88-59(107)45-98)72(130-77)69(110)54(102)43-96/h40-41,50-54,66-69,71-72,95-102,109-110H,1-39,42-47H2,(H,83,103)(H,84,104)(H,85,111)(H,86,105)(H,87,106)(H,88,107)(H,112,113)(H,114,115)/t50-,51?,52?,53+,54+,66?,67?,68+,69+,71?,72?,76?,77?/m0/s1. The molecule has 18 N–H and O–H groups in total. The first-order valence-electron chi connectivity index (χ1n) is 42.2. The van der Waals surface area contributed by atoms with Gasteiger partial charge in [-0.25, -0.2) is 32.1 Å². The molecule has 2 fully saturated rings. The van der Waals surface area contributed by atoms with Crippen molar-refractivity contribution < 1.29 is 197 Å². The van der Waals surface area contributed by atoms with Gasteiger partial charge in [-0.1, -0.05) is 10.4 Å². The molecule has 55 heteroatoms. The number of carboxylic acids is 2. The Balaban J connectivity index is 0.904. The molecule has 0 bridgehead atoms. The van der Waals surface area contributed by atoms with Crippen LogP contribution in [0, 0.1) is 29.1 Å². The molecule has 0 saturated carbocycles. The first-order chi connectivity index (χ1) is 63.4. The van der Waals surface area contributed by atoms with E-state index >= 15 is 0 Å². The lowest BCUT2D eigenvalue weighted by molar-refractivity contribution is -0.205. The number of unbranched alkanes of at least 4 members (excludes halogenated alkanes) is 1. The molecule has 5 rings (SSSR count). The monoisotopic (exact) mass is 1950 g/mol. The summed E-state index contributed by atoms with van der Waals surface area (Å²) < 4.78 is 153. The fraction of sp³-hybridized carbons (Fsp3) is 0.753. The van der Waals surface area contributed by atoms with Crippen LogP contribution in [0.4, 0.5) is 22.0 Å². The Morgan fingerprint density at radius 1 is 0.447 bits per heavy atom. The van der Waals surface area contributed by atoms with Gasteiger partial charge in [0.1, 0.15) is 67.3 Å². The van der Waals surface area contributed by atoms with Crippen LogP contribution in [0.25, 0.3) is 0 Å². The minimum atomic E-state index is -2.40. The molecule has 13 atom stereocenters. The Hall–Kier alpha value is -7.88. The van der Waals surface area contributed by atoms with E-state index in [1.807, 2.05) is 0 Å². The van der Waals surface area contributed by atoms with Gasteiger partial charge in [-0.2, -0.15) is 8.78 Å². The summed E-state index contributed by atoms with van der Waals surface area (Å²) in [5, 5.41) is 152. The van der Waals surface area contributed by atoms with E-state index in [2.05, 4.69) is 57.3 Å². The van der Waals surface area contributed by atoms with E-state index in [1.54, 1.807) is 21.8 Å². The summed E-state index contributed by atoms with van der Waals surface area (Å²) in [7, 11) is 0. The molecule has 132 heavy (non-hydrogen) atoms. The molecule has 1 aromatic carbocycles. The highest BCUT2D eigenvalue weighted by molar-refractivity contribution is 8.01. The zero-order valence-electron chi connectivity index (χ0n) is 72.4. The SMILES string of the molecule is O=C(CCOCCOCCn1cc(COCCOCCSC2(C(=O)O)CC(O)C(NC(=O)CO)C([C@H](O)[C@H](O)CO)O2)nn1)NCCCC[C@H](NC(=O)CCCNC(=O)CCOCCOCCn1cc(COCCOCCSC2(C(=O)O)CC(O)C(NC(=O)CO)C([C@H](O)[C@H](O)CO)O2)nn1)C(=O)NCCOCCOCCOCCOCCC(=O)Oc1c(F)c(F)c(F)c(F)c1F. The zero-order valence-corrected chi connectivity index (χ0v) is 74.0. The molecule has 48 nitrogen and oxygen atoms in total. The number of ether oxygens (including phenoxy) is 15. The Morgan fingerprint density at radius 2 is 0.826 bits per heavy atom. The summed E-state index contributed by atoms with van der Waals surface area (Å²) in [6, 6.07) is -3.84. The third kappa shape index (κ3) is 42.6. The number of carbonyl (C=O) groups excluding carboxylic acids is 7. The van der Waals surface area contributed by atoms with Crippen LogP contribution in [0.2, 0.25) is 0 Å². The van der Waals surface area contributed by atoms with Gasteiger partial charge in [0.05, 0.1) is 228 Å². The van der Waals surface area contributed by atoms with E-state index in [0.717, 1.165) is 23.5 Å². The number of hydrogen-bond acceptors (Lipinski definition) is 40. The lowest BCUT2D eigenvalue weighted by Gasteiger charge is -2.46. The second-order valence-corrected chi connectivity index (χ2v) is 31.7. The maximum atomic E-state index is 13.8. The van der Waals surface area contributed by atoms with Crippen molar-refractivity contribution in [1.82, 2.24) is 61.9 Å². The van der Waals surface area contributed by atoms with Gasteiger partial charge >= 0.3 is 17.9 Å². The van der Waals surface area contributed by atoms with E-state index in [-0.39, 0.29) is 234 Å². The number of aromatic nitrogens is 6. The lowest BCUT2D eigenvalue weighted by Crippen LogP contribution is -2.66. The molecule has 3 aromatic rings. The number of nitrogens with one attached hydrogen (secondary N) is 6. The van der Waals surface area contributed by atoms with Gasteiger partial charge in [0.25, 0.3) is 0 Å². The highest BCUT2D eigenvalue weighted by Crippen LogP contribution is 2.42. The van der Waals surface area contributed by atoms with Gasteiger partial charge in [-0.15, -0.1) is 33.7 Å². The Labute approximate surface area is 762 Å². The van der Waals surface area contributed by atoms with Crippen molar-refractivity contribution in [3.8, 4) is 5.75 Å². The van der Waals surface area contributed by atoms with Crippen molar-refractivity contribution in [3.63, 3.8) is 0 Å². The molecular formula is C77H121F5N12O36S2. The van der Waals surface area contributed by atoms with Crippen LogP contribution in [-0.4, -0.2) is 424 Å². The van der Waals surface area contributed by atoms with Gasteiger partial charge in [-0.3, -0.25) is 33.6 Å². The first-order valence-corrected chi connectivity index (χ1v) is 44.1. The average molecular weight is 1950 g/mol. The van der Waals surface area contributed by atoms with Crippen molar-refractivity contribution in [2.75, 3.05) is 203 Å². The predicted molar refractivity (Wildman–Crippen MR) is 440 cm³/mol. The Kier molecular flexibility index (Phi) is 56.4. The fourth-order valence-corrected chi connectivity index (χ4v) is 14.5. The first kappa shape index (κ1) is 115. The number of benzene rings is 1. The number of halogens is 5. The summed E-state index contributed by atoms with van der Waals surface area (Å²) in [5.74, 6) is -21.0. The maximum Gasteiger partial charge on any atom is 0.346 e. The van der Waals surface area contributed by atoms with Crippen molar-refractivity contribution in [2.24, 2.45) is 0 Å². The largest absolute Gasteiger partial charge is 0.478 e. The maximum absolute atomic E-state index is 13.8. The number of carbonyl (C=O) groups is 9. The van der Waals surface area contributed by atoms with Crippen LogP contribution in [0.3, 0.4) is 0 Å². The second-order valence-electron chi connectivity index (χ2n) is 29.0. The number of thioether (sulfide) groups is 2. The molecule has 6 amide bonds. The molecule has 2 aromatic heterocycles. The second kappa shape index (κ2) is 65.0. The quantitative estimate of drug-likeness (QED) is 0.00624. The molecule has 752 valence electrons. The smallest absolute Gasteiger partial charge is 0.346 e. The fourth-order valence-electron chi connectivity index (χ4n) is 12.2. The average Bonchev–Trinajstić information content (AvgIpc) is 1.04. The highest BCUT2D eigenvalue weighted by Gasteiger charge is 2.57. The van der Waals surface area contributed by atoms with Crippen LogP contribution >= 0.6 is 23.5 Å². The predicted octanol–water partition coefficient (Wildman–Crippen LogP) is -6.27.